The number of aliphatic carboxylic acids is 7. The third-order valence-electron chi connectivity index (χ3n) is 2.00. The fourth-order valence-corrected chi connectivity index (χ4v) is 0.518. The predicted molar refractivity (Wildman–Crippen MR) is 92.3 cm³/mol. The molecule has 0 saturated heterocycles. The van der Waals surface area contributed by atoms with Gasteiger partial charge in [-0.2, -0.15) is 0 Å². The Labute approximate surface area is 176 Å². The molecule has 18 heteroatoms. The van der Waals surface area contributed by atoms with Crippen LogP contribution < -0.4 is 0 Å². The van der Waals surface area contributed by atoms with Crippen molar-refractivity contribution in [2.75, 3.05) is 0 Å². The van der Waals surface area contributed by atoms with Crippen LogP contribution >= 0.6 is 0 Å². The molecule has 3 unspecified atom stereocenters. The Morgan fingerprint density at radius 1 is 0.500 bits per heavy atom. The molecule has 0 radical (unpaired) electrons. The molecule has 0 amide bonds. The van der Waals surface area contributed by atoms with Gasteiger partial charge in [-0.3, -0.25) is 0 Å². The number of hydrogen-bond donors (Lipinski definition) is 11. The first kappa shape index (κ1) is 35.3. The Balaban J connectivity index is -0.000000166. The first-order chi connectivity index (χ1) is 14.3. The van der Waals surface area contributed by atoms with Gasteiger partial charge in [0.2, 0.25) is 6.10 Å². The molecule has 0 aliphatic rings. The third-order valence-corrected chi connectivity index (χ3v) is 2.00. The maximum absolute atomic E-state index is 9.77. The molecule has 0 aliphatic carbocycles. The molecule has 0 spiro atoms. The Kier molecular flexibility index (Phi) is 20.8. The van der Waals surface area contributed by atoms with E-state index < -0.39 is 66.2 Å². The summed E-state index contributed by atoms with van der Waals surface area (Å²) in [5, 5.41) is 87.4. The van der Waals surface area contributed by atoms with Gasteiger partial charge in [-0.05, 0) is 6.92 Å². The second-order valence-corrected chi connectivity index (χ2v) is 4.67. The summed E-state index contributed by atoms with van der Waals surface area (Å²) >= 11 is 0. The number of aliphatic hydroxyl groups excluding tert-OH is 4. The normalized spacial score (nSPS) is 12.2. The van der Waals surface area contributed by atoms with E-state index in [1.54, 1.807) is 0 Å². The van der Waals surface area contributed by atoms with Crippen LogP contribution in [0.15, 0.2) is 12.2 Å². The first-order valence-corrected chi connectivity index (χ1v) is 7.29. The van der Waals surface area contributed by atoms with Crippen LogP contribution in [0.3, 0.4) is 0 Å². The van der Waals surface area contributed by atoms with Crippen LogP contribution in [-0.2, 0) is 33.6 Å². The molecule has 0 aromatic carbocycles. The van der Waals surface area contributed by atoms with Crippen molar-refractivity contribution in [1.29, 1.82) is 0 Å². The SMILES string of the molecule is CC(O)C(=O)O.O=C(O)C(O)C(=O)O.O=C(O)C(O)C(O)C(=O)O.O=C(O)C=CC(=O)O. The minimum absolute atomic E-state index is 0.558. The van der Waals surface area contributed by atoms with E-state index >= 15 is 0 Å². The lowest BCUT2D eigenvalue weighted by atomic mass is 10.2. The second kappa shape index (κ2) is 18.9. The van der Waals surface area contributed by atoms with E-state index in [2.05, 4.69) is 0 Å². The number of carbonyl (C=O) groups is 7. The number of rotatable bonds is 8. The summed E-state index contributed by atoms with van der Waals surface area (Å²) in [7, 11) is 0. The number of carboxylic acids is 7. The van der Waals surface area contributed by atoms with Crippen molar-refractivity contribution in [2.24, 2.45) is 0 Å². The molecule has 0 rings (SSSR count). The number of carboxylic acid groups (broad SMARTS) is 7. The largest absolute Gasteiger partial charge is 0.479 e. The van der Waals surface area contributed by atoms with Gasteiger partial charge in [0.15, 0.2) is 12.2 Å². The summed E-state index contributed by atoms with van der Waals surface area (Å²) < 4.78 is 0. The molecule has 3 atom stereocenters. The maximum atomic E-state index is 9.77. The van der Waals surface area contributed by atoms with E-state index in [-0.39, 0.29) is 0 Å². The van der Waals surface area contributed by atoms with Gasteiger partial charge in [0, 0.05) is 12.2 Å². The zero-order chi connectivity index (χ0) is 26.8. The van der Waals surface area contributed by atoms with Gasteiger partial charge in [0.05, 0.1) is 0 Å². The van der Waals surface area contributed by atoms with Crippen LogP contribution in [0.5, 0.6) is 0 Å². The van der Waals surface area contributed by atoms with Gasteiger partial charge in [0.1, 0.15) is 6.10 Å². The fourth-order valence-electron chi connectivity index (χ4n) is 0.518. The van der Waals surface area contributed by atoms with Gasteiger partial charge < -0.3 is 56.2 Å². The average molecular weight is 476 g/mol. The van der Waals surface area contributed by atoms with Crippen molar-refractivity contribution >= 4 is 41.8 Å². The monoisotopic (exact) mass is 476 g/mol. The van der Waals surface area contributed by atoms with E-state index in [4.69, 9.17) is 56.2 Å². The fraction of sp³-hybridized carbons (Fsp3) is 0.357. The molecule has 18 nitrogen and oxygen atoms in total. The highest BCUT2D eigenvalue weighted by molar-refractivity contribution is 5.95. The Hall–Kier alpha value is -4.13. The number of aliphatic hydroxyl groups is 4. The highest BCUT2D eigenvalue weighted by Crippen LogP contribution is 1.92. The van der Waals surface area contributed by atoms with Crippen LogP contribution in [0.2, 0.25) is 0 Å². The molecule has 184 valence electrons. The molecule has 0 aromatic heterocycles. The third kappa shape index (κ3) is 25.9. The summed E-state index contributed by atoms with van der Waals surface area (Å²) in [5.41, 5.74) is 0. The molecule has 32 heavy (non-hydrogen) atoms. The van der Waals surface area contributed by atoms with Crippen molar-refractivity contribution in [1.82, 2.24) is 0 Å². The van der Waals surface area contributed by atoms with Crippen molar-refractivity contribution in [2.45, 2.75) is 31.3 Å². The molecule has 0 heterocycles. The standard InChI is InChI=1S/C4H6O6.C4H4O4.C3H4O5.C3H6O3/c5-1(3(7)8)2(6)4(9)10;5-3(6)1-2-4(7)8;4-1(2(5)6)3(7)8;1-2(4)3(5)6/h1-2,5-6H,(H,7,8)(H,9,10);1-2H,(H,5,6)(H,7,8);1,4H,(H,5,6)(H,7,8);2,4H,1H3,(H,5,6). The van der Waals surface area contributed by atoms with Gasteiger partial charge in [0.25, 0.3) is 0 Å². The lowest BCUT2D eigenvalue weighted by molar-refractivity contribution is -0.165. The smallest absolute Gasteiger partial charge is 0.344 e. The van der Waals surface area contributed by atoms with Crippen molar-refractivity contribution in [3.8, 4) is 0 Å². The van der Waals surface area contributed by atoms with Crippen molar-refractivity contribution < 1.29 is 89.7 Å². The van der Waals surface area contributed by atoms with Gasteiger partial charge in [-0.15, -0.1) is 0 Å². The summed E-state index contributed by atoms with van der Waals surface area (Å²) in [5.74, 6) is -10.7. The highest BCUT2D eigenvalue weighted by Gasteiger charge is 2.29. The topological polar surface area (TPSA) is 342 Å². The first-order valence-electron chi connectivity index (χ1n) is 7.29. The molecule has 0 aliphatic heterocycles. The zero-order valence-corrected chi connectivity index (χ0v) is 15.7. The Morgan fingerprint density at radius 3 is 0.781 bits per heavy atom. The average Bonchev–Trinajstić information content (AvgIpc) is 2.65. The van der Waals surface area contributed by atoms with Crippen LogP contribution in [0.25, 0.3) is 0 Å². The summed E-state index contributed by atoms with van der Waals surface area (Å²) in [6.45, 7) is 1.20. The van der Waals surface area contributed by atoms with E-state index in [1.165, 1.54) is 6.92 Å². The molecule has 11 N–H and O–H groups in total. The van der Waals surface area contributed by atoms with Crippen LogP contribution in [0, 0.1) is 0 Å². The highest BCUT2D eigenvalue weighted by atomic mass is 16.4. The predicted octanol–water partition coefficient (Wildman–Crippen LogP) is -4.44. The van der Waals surface area contributed by atoms with Crippen molar-refractivity contribution in [3.05, 3.63) is 12.2 Å². The molecular weight excluding hydrogens is 456 g/mol. The molecule has 0 fully saturated rings. The molecule has 0 bridgehead atoms. The van der Waals surface area contributed by atoms with Crippen molar-refractivity contribution in [3.63, 3.8) is 0 Å². The maximum Gasteiger partial charge on any atom is 0.344 e. The van der Waals surface area contributed by atoms with E-state index in [1.807, 2.05) is 0 Å². The van der Waals surface area contributed by atoms with Gasteiger partial charge >= 0.3 is 41.8 Å². The minimum Gasteiger partial charge on any atom is -0.479 e. The summed E-state index contributed by atoms with van der Waals surface area (Å²) in [4.78, 5) is 67.1. The Morgan fingerprint density at radius 2 is 0.719 bits per heavy atom. The van der Waals surface area contributed by atoms with Crippen LogP contribution in [0.1, 0.15) is 6.92 Å². The van der Waals surface area contributed by atoms with E-state index in [0.717, 1.165) is 0 Å². The molecule has 0 saturated carbocycles. The summed E-state index contributed by atoms with van der Waals surface area (Å²) in [6.07, 6.45) is -6.94. The lowest BCUT2D eigenvalue weighted by Crippen LogP contribution is -2.39. The molecule has 0 aromatic rings. The van der Waals surface area contributed by atoms with Gasteiger partial charge in [-0.25, -0.2) is 33.6 Å². The van der Waals surface area contributed by atoms with Crippen LogP contribution in [0.4, 0.5) is 0 Å². The minimum atomic E-state index is -2.30. The molecular formula is C14H20O18. The van der Waals surface area contributed by atoms with E-state index in [9.17, 15) is 33.6 Å². The quantitative estimate of drug-likeness (QED) is 0.116. The lowest BCUT2D eigenvalue weighted by Gasteiger charge is -2.07. The Bertz CT molecular complexity index is 644. The second-order valence-electron chi connectivity index (χ2n) is 4.67. The number of hydrogen-bond acceptors (Lipinski definition) is 11. The van der Waals surface area contributed by atoms with E-state index in [0.29, 0.717) is 12.2 Å². The van der Waals surface area contributed by atoms with Gasteiger partial charge in [-0.1, -0.05) is 0 Å². The van der Waals surface area contributed by atoms with Crippen LogP contribution in [-0.4, -0.2) is 122 Å². The summed E-state index contributed by atoms with van der Waals surface area (Å²) in [6, 6.07) is 0. The zero-order valence-electron chi connectivity index (χ0n) is 15.7.